The fourth-order valence-electron chi connectivity index (χ4n) is 1.47. The minimum atomic E-state index is -0.565. The summed E-state index contributed by atoms with van der Waals surface area (Å²) >= 11 is 0. The summed E-state index contributed by atoms with van der Waals surface area (Å²) in [6, 6.07) is 3.18. The van der Waals surface area contributed by atoms with Gasteiger partial charge in [-0.3, -0.25) is 0 Å². The molecule has 2 N–H and O–H groups in total. The Balaban J connectivity index is 2.68. The van der Waals surface area contributed by atoms with Crippen LogP contribution in [-0.2, 0) is 0 Å². The maximum atomic E-state index is 12.9. The standard InChI is InChI=1S/C12H17F2N/c1-8(2)3-4-12(15)9-5-10(13)7-11(14)6-9/h5-8,12H,3-4,15H2,1-2H3/t12-/m0/s1. The summed E-state index contributed by atoms with van der Waals surface area (Å²) < 4.78 is 25.8. The summed E-state index contributed by atoms with van der Waals surface area (Å²) in [6.07, 6.45) is 1.71. The van der Waals surface area contributed by atoms with Gasteiger partial charge in [-0.05, 0) is 36.5 Å². The molecule has 84 valence electrons. The molecular formula is C12H17F2N. The zero-order valence-corrected chi connectivity index (χ0v) is 9.13. The minimum Gasteiger partial charge on any atom is -0.324 e. The summed E-state index contributed by atoms with van der Waals surface area (Å²) in [5.74, 6) is -0.579. The third-order valence-electron chi connectivity index (χ3n) is 2.37. The second-order valence-electron chi connectivity index (χ2n) is 4.28. The van der Waals surface area contributed by atoms with Crippen LogP contribution in [0.5, 0.6) is 0 Å². The summed E-state index contributed by atoms with van der Waals surface area (Å²) in [5.41, 5.74) is 6.38. The van der Waals surface area contributed by atoms with Crippen molar-refractivity contribution >= 4 is 0 Å². The van der Waals surface area contributed by atoms with Gasteiger partial charge in [-0.25, -0.2) is 8.78 Å². The van der Waals surface area contributed by atoms with E-state index in [1.165, 1.54) is 12.1 Å². The molecule has 0 spiro atoms. The van der Waals surface area contributed by atoms with Crippen molar-refractivity contribution in [3.8, 4) is 0 Å². The fraction of sp³-hybridized carbons (Fsp3) is 0.500. The zero-order chi connectivity index (χ0) is 11.4. The van der Waals surface area contributed by atoms with E-state index in [0.29, 0.717) is 11.5 Å². The molecule has 1 rings (SSSR count). The molecule has 0 unspecified atom stereocenters. The van der Waals surface area contributed by atoms with Crippen LogP contribution in [-0.4, -0.2) is 0 Å². The number of hydrogen-bond acceptors (Lipinski definition) is 1. The van der Waals surface area contributed by atoms with E-state index < -0.39 is 11.6 Å². The predicted octanol–water partition coefficient (Wildman–Crippen LogP) is 3.40. The molecule has 0 amide bonds. The zero-order valence-electron chi connectivity index (χ0n) is 9.13. The summed E-state index contributed by atoms with van der Waals surface area (Å²) in [6.45, 7) is 4.19. The SMILES string of the molecule is CC(C)CC[C@H](N)c1cc(F)cc(F)c1. The van der Waals surface area contributed by atoms with Gasteiger partial charge in [0.15, 0.2) is 0 Å². The normalized spacial score (nSPS) is 13.2. The van der Waals surface area contributed by atoms with Gasteiger partial charge in [0.1, 0.15) is 11.6 Å². The first-order valence-corrected chi connectivity index (χ1v) is 5.20. The van der Waals surface area contributed by atoms with Crippen LogP contribution in [0.1, 0.15) is 38.3 Å². The Morgan fingerprint density at radius 3 is 2.07 bits per heavy atom. The molecule has 0 radical (unpaired) electrons. The van der Waals surface area contributed by atoms with E-state index in [4.69, 9.17) is 5.73 Å². The Hall–Kier alpha value is -0.960. The van der Waals surface area contributed by atoms with Crippen LogP contribution < -0.4 is 5.73 Å². The Morgan fingerprint density at radius 1 is 1.07 bits per heavy atom. The first-order valence-electron chi connectivity index (χ1n) is 5.20. The molecule has 0 bridgehead atoms. The minimum absolute atomic E-state index is 0.280. The summed E-state index contributed by atoms with van der Waals surface area (Å²) in [4.78, 5) is 0. The summed E-state index contributed by atoms with van der Waals surface area (Å²) in [7, 11) is 0. The Labute approximate surface area is 89.3 Å². The van der Waals surface area contributed by atoms with E-state index >= 15 is 0 Å². The predicted molar refractivity (Wildman–Crippen MR) is 57.4 cm³/mol. The molecule has 3 heteroatoms. The lowest BCUT2D eigenvalue weighted by Crippen LogP contribution is -2.11. The molecule has 0 aliphatic carbocycles. The monoisotopic (exact) mass is 213 g/mol. The average molecular weight is 213 g/mol. The largest absolute Gasteiger partial charge is 0.324 e. The van der Waals surface area contributed by atoms with Crippen LogP contribution in [0, 0.1) is 17.6 Å². The summed E-state index contributed by atoms with van der Waals surface area (Å²) in [5, 5.41) is 0. The van der Waals surface area contributed by atoms with Crippen molar-refractivity contribution in [2.45, 2.75) is 32.7 Å². The van der Waals surface area contributed by atoms with Crippen molar-refractivity contribution < 1.29 is 8.78 Å². The number of nitrogens with two attached hydrogens (primary N) is 1. The molecule has 0 fully saturated rings. The van der Waals surface area contributed by atoms with Crippen molar-refractivity contribution in [1.29, 1.82) is 0 Å². The lowest BCUT2D eigenvalue weighted by molar-refractivity contribution is 0.501. The quantitative estimate of drug-likeness (QED) is 0.815. The van der Waals surface area contributed by atoms with Gasteiger partial charge >= 0.3 is 0 Å². The first-order chi connectivity index (χ1) is 6.99. The van der Waals surface area contributed by atoms with E-state index in [9.17, 15) is 8.78 Å². The number of rotatable bonds is 4. The van der Waals surface area contributed by atoms with Crippen LogP contribution in [0.4, 0.5) is 8.78 Å². The average Bonchev–Trinajstić information content (AvgIpc) is 2.12. The van der Waals surface area contributed by atoms with Gasteiger partial charge in [-0.2, -0.15) is 0 Å². The van der Waals surface area contributed by atoms with Gasteiger partial charge in [0.05, 0.1) is 0 Å². The van der Waals surface area contributed by atoms with Crippen molar-refractivity contribution in [3.63, 3.8) is 0 Å². The molecule has 15 heavy (non-hydrogen) atoms. The second-order valence-corrected chi connectivity index (χ2v) is 4.28. The number of benzene rings is 1. The van der Waals surface area contributed by atoms with Crippen LogP contribution in [0.25, 0.3) is 0 Å². The molecule has 0 saturated heterocycles. The molecule has 1 aromatic carbocycles. The smallest absolute Gasteiger partial charge is 0.126 e. The van der Waals surface area contributed by atoms with Crippen LogP contribution in [0.3, 0.4) is 0 Å². The molecular weight excluding hydrogens is 196 g/mol. The molecule has 0 aromatic heterocycles. The van der Waals surface area contributed by atoms with Gasteiger partial charge in [-0.15, -0.1) is 0 Å². The molecule has 1 aromatic rings. The van der Waals surface area contributed by atoms with Gasteiger partial charge < -0.3 is 5.73 Å². The van der Waals surface area contributed by atoms with E-state index in [-0.39, 0.29) is 6.04 Å². The molecule has 1 nitrogen and oxygen atoms in total. The van der Waals surface area contributed by atoms with Gasteiger partial charge in [0.2, 0.25) is 0 Å². The molecule has 0 aliphatic rings. The number of halogens is 2. The van der Waals surface area contributed by atoms with Crippen LogP contribution in [0.2, 0.25) is 0 Å². The lowest BCUT2D eigenvalue weighted by Gasteiger charge is -2.13. The van der Waals surface area contributed by atoms with Crippen molar-refractivity contribution in [2.24, 2.45) is 11.7 Å². The third kappa shape index (κ3) is 3.96. The highest BCUT2D eigenvalue weighted by molar-refractivity contribution is 5.20. The van der Waals surface area contributed by atoms with E-state index in [1.54, 1.807) is 0 Å². The first kappa shape index (κ1) is 12.1. The topological polar surface area (TPSA) is 26.0 Å². The maximum Gasteiger partial charge on any atom is 0.126 e. The molecule has 0 aliphatic heterocycles. The molecule has 0 saturated carbocycles. The fourth-order valence-corrected chi connectivity index (χ4v) is 1.47. The van der Waals surface area contributed by atoms with Crippen molar-refractivity contribution in [1.82, 2.24) is 0 Å². The van der Waals surface area contributed by atoms with Crippen molar-refractivity contribution in [2.75, 3.05) is 0 Å². The third-order valence-corrected chi connectivity index (χ3v) is 2.37. The Bertz CT molecular complexity index is 303. The molecule has 0 heterocycles. The maximum absolute atomic E-state index is 12.9. The highest BCUT2D eigenvalue weighted by Crippen LogP contribution is 2.20. The Morgan fingerprint density at radius 2 is 1.60 bits per heavy atom. The van der Waals surface area contributed by atoms with Gasteiger partial charge in [0, 0.05) is 12.1 Å². The second kappa shape index (κ2) is 5.21. The van der Waals surface area contributed by atoms with Gasteiger partial charge in [0.25, 0.3) is 0 Å². The lowest BCUT2D eigenvalue weighted by atomic mass is 9.98. The van der Waals surface area contributed by atoms with Gasteiger partial charge in [-0.1, -0.05) is 13.8 Å². The number of hydrogen-bond donors (Lipinski definition) is 1. The highest BCUT2D eigenvalue weighted by atomic mass is 19.1. The van der Waals surface area contributed by atoms with E-state index in [1.807, 2.05) is 0 Å². The van der Waals surface area contributed by atoms with E-state index in [0.717, 1.165) is 18.9 Å². The van der Waals surface area contributed by atoms with E-state index in [2.05, 4.69) is 13.8 Å². The Kier molecular flexibility index (Phi) is 4.21. The molecule has 1 atom stereocenters. The highest BCUT2D eigenvalue weighted by Gasteiger charge is 2.09. The van der Waals surface area contributed by atoms with Crippen LogP contribution >= 0.6 is 0 Å². The van der Waals surface area contributed by atoms with Crippen LogP contribution in [0.15, 0.2) is 18.2 Å². The van der Waals surface area contributed by atoms with Crippen molar-refractivity contribution in [3.05, 3.63) is 35.4 Å².